The van der Waals surface area contributed by atoms with Crippen molar-refractivity contribution < 1.29 is 5.11 Å². The van der Waals surface area contributed by atoms with Crippen LogP contribution < -0.4 is 0 Å². The summed E-state index contributed by atoms with van der Waals surface area (Å²) in [7, 11) is 0. The van der Waals surface area contributed by atoms with E-state index in [0.717, 1.165) is 36.0 Å². The van der Waals surface area contributed by atoms with E-state index in [0.29, 0.717) is 5.92 Å². The Morgan fingerprint density at radius 1 is 1.16 bits per heavy atom. The number of aliphatic hydroxyl groups excluding tert-OH is 1. The van der Waals surface area contributed by atoms with Crippen LogP contribution >= 0.6 is 11.8 Å². The van der Waals surface area contributed by atoms with Crippen LogP contribution in [0.2, 0.25) is 0 Å². The fourth-order valence-electron chi connectivity index (χ4n) is 3.08. The highest BCUT2D eigenvalue weighted by molar-refractivity contribution is 7.99. The normalized spacial score (nSPS) is 29.2. The van der Waals surface area contributed by atoms with Crippen LogP contribution in [0.3, 0.4) is 0 Å². The Morgan fingerprint density at radius 3 is 2.42 bits per heavy atom. The Labute approximate surface area is 121 Å². The van der Waals surface area contributed by atoms with Crippen LogP contribution in [0.5, 0.6) is 0 Å². The van der Waals surface area contributed by atoms with Crippen LogP contribution in [0.4, 0.5) is 0 Å². The predicted octanol–water partition coefficient (Wildman–Crippen LogP) is 4.90. The Balaban J connectivity index is 2.00. The minimum atomic E-state index is -0.282. The number of thioether (sulfide) groups is 1. The number of benzene rings is 1. The van der Waals surface area contributed by atoms with Gasteiger partial charge in [0.05, 0.1) is 6.10 Å². The molecule has 0 bridgehead atoms. The van der Waals surface area contributed by atoms with Crippen molar-refractivity contribution in [2.24, 2.45) is 17.8 Å². The van der Waals surface area contributed by atoms with Crippen molar-refractivity contribution in [3.63, 3.8) is 0 Å². The fraction of sp³-hybridized carbons (Fsp3) is 0.647. The lowest BCUT2D eigenvalue weighted by Gasteiger charge is -2.34. The van der Waals surface area contributed by atoms with E-state index in [4.69, 9.17) is 0 Å². The minimum absolute atomic E-state index is 0.282. The molecular weight excluding hydrogens is 252 g/mol. The van der Waals surface area contributed by atoms with Crippen molar-refractivity contribution in [3.05, 3.63) is 29.8 Å². The molecule has 1 fully saturated rings. The molecule has 0 heterocycles. The third-order valence-corrected chi connectivity index (χ3v) is 5.51. The second-order valence-electron chi connectivity index (χ2n) is 5.97. The second kappa shape index (κ2) is 6.81. The lowest BCUT2D eigenvalue weighted by Crippen LogP contribution is -2.25. The molecule has 1 aliphatic rings. The zero-order chi connectivity index (χ0) is 13.8. The number of aliphatic hydroxyl groups is 1. The van der Waals surface area contributed by atoms with E-state index in [2.05, 4.69) is 45.0 Å². The van der Waals surface area contributed by atoms with E-state index in [1.807, 2.05) is 11.8 Å². The van der Waals surface area contributed by atoms with Gasteiger partial charge in [0, 0.05) is 4.90 Å². The fourth-order valence-corrected chi connectivity index (χ4v) is 3.74. The summed E-state index contributed by atoms with van der Waals surface area (Å²) >= 11 is 1.85. The molecule has 0 amide bonds. The maximum atomic E-state index is 10.6. The summed E-state index contributed by atoms with van der Waals surface area (Å²) < 4.78 is 0. The summed E-state index contributed by atoms with van der Waals surface area (Å²) in [4.78, 5) is 1.30. The molecule has 0 radical (unpaired) electrons. The van der Waals surface area contributed by atoms with E-state index in [1.165, 1.54) is 11.3 Å². The molecule has 1 aliphatic carbocycles. The maximum Gasteiger partial charge on any atom is 0.0818 e. The summed E-state index contributed by atoms with van der Waals surface area (Å²) in [6.07, 6.45) is 3.30. The topological polar surface area (TPSA) is 20.2 Å². The molecule has 4 unspecified atom stereocenters. The quantitative estimate of drug-likeness (QED) is 0.790. The highest BCUT2D eigenvalue weighted by atomic mass is 32.2. The van der Waals surface area contributed by atoms with Gasteiger partial charge in [0.2, 0.25) is 0 Å². The third kappa shape index (κ3) is 3.76. The molecule has 1 aromatic carbocycles. The molecular formula is C17H26OS. The highest BCUT2D eigenvalue weighted by Crippen LogP contribution is 2.40. The lowest BCUT2D eigenvalue weighted by molar-refractivity contribution is 0.0561. The standard InChI is InChI=1S/C17H26OS/c1-4-19-16-9-7-14(8-10-16)17(18)15-6-5-12(2)13(3)11-15/h7-10,12-13,15,17-18H,4-6,11H2,1-3H3. The average Bonchev–Trinajstić information content (AvgIpc) is 2.42. The molecule has 1 nitrogen and oxygen atoms in total. The van der Waals surface area contributed by atoms with Crippen LogP contribution in [0.15, 0.2) is 29.2 Å². The first-order chi connectivity index (χ1) is 9.11. The average molecular weight is 278 g/mol. The Morgan fingerprint density at radius 2 is 1.84 bits per heavy atom. The van der Waals surface area contributed by atoms with Gasteiger partial charge in [-0.2, -0.15) is 0 Å². The molecule has 1 saturated carbocycles. The molecule has 4 atom stereocenters. The molecule has 2 rings (SSSR count). The number of hydrogen-bond donors (Lipinski definition) is 1. The molecule has 1 aromatic rings. The largest absolute Gasteiger partial charge is 0.388 e. The van der Waals surface area contributed by atoms with Gasteiger partial charge in [-0.1, -0.05) is 39.3 Å². The van der Waals surface area contributed by atoms with E-state index in [-0.39, 0.29) is 6.10 Å². The van der Waals surface area contributed by atoms with Crippen molar-refractivity contribution in [1.29, 1.82) is 0 Å². The van der Waals surface area contributed by atoms with Crippen molar-refractivity contribution in [1.82, 2.24) is 0 Å². The van der Waals surface area contributed by atoms with Crippen LogP contribution in [0, 0.1) is 17.8 Å². The zero-order valence-electron chi connectivity index (χ0n) is 12.3. The Hall–Kier alpha value is -0.470. The van der Waals surface area contributed by atoms with Crippen LogP contribution in [0.25, 0.3) is 0 Å². The maximum absolute atomic E-state index is 10.6. The first-order valence-electron chi connectivity index (χ1n) is 7.52. The van der Waals surface area contributed by atoms with Gasteiger partial charge in [-0.15, -0.1) is 11.8 Å². The van der Waals surface area contributed by atoms with Crippen molar-refractivity contribution in [2.45, 2.75) is 51.0 Å². The SMILES string of the molecule is CCSc1ccc(C(O)C2CCC(C)C(C)C2)cc1. The van der Waals surface area contributed by atoms with Crippen molar-refractivity contribution in [3.8, 4) is 0 Å². The van der Waals surface area contributed by atoms with Gasteiger partial charge in [-0.3, -0.25) is 0 Å². The zero-order valence-corrected chi connectivity index (χ0v) is 13.1. The van der Waals surface area contributed by atoms with Crippen molar-refractivity contribution >= 4 is 11.8 Å². The Kier molecular flexibility index (Phi) is 5.35. The molecule has 0 aliphatic heterocycles. The molecule has 0 saturated heterocycles. The highest BCUT2D eigenvalue weighted by Gasteiger charge is 2.29. The predicted molar refractivity (Wildman–Crippen MR) is 83.5 cm³/mol. The van der Waals surface area contributed by atoms with Crippen molar-refractivity contribution in [2.75, 3.05) is 5.75 Å². The molecule has 106 valence electrons. The number of rotatable bonds is 4. The Bertz CT molecular complexity index is 387. The smallest absolute Gasteiger partial charge is 0.0818 e. The second-order valence-corrected chi connectivity index (χ2v) is 7.31. The first kappa shape index (κ1) is 14.9. The van der Waals surface area contributed by atoms with Gasteiger partial charge in [-0.05, 0) is 54.0 Å². The third-order valence-electron chi connectivity index (χ3n) is 4.62. The van der Waals surface area contributed by atoms with Crippen LogP contribution in [-0.2, 0) is 0 Å². The summed E-state index contributed by atoms with van der Waals surface area (Å²) in [5.74, 6) is 3.09. The summed E-state index contributed by atoms with van der Waals surface area (Å²) in [5.41, 5.74) is 1.09. The van der Waals surface area contributed by atoms with Gasteiger partial charge in [-0.25, -0.2) is 0 Å². The van der Waals surface area contributed by atoms with Gasteiger partial charge in [0.1, 0.15) is 0 Å². The van der Waals surface area contributed by atoms with E-state index in [1.54, 1.807) is 0 Å². The van der Waals surface area contributed by atoms with Crippen LogP contribution in [-0.4, -0.2) is 10.9 Å². The minimum Gasteiger partial charge on any atom is -0.388 e. The molecule has 0 spiro atoms. The van der Waals surface area contributed by atoms with Gasteiger partial charge < -0.3 is 5.11 Å². The van der Waals surface area contributed by atoms with Crippen LogP contribution in [0.1, 0.15) is 51.7 Å². The molecule has 0 aromatic heterocycles. The summed E-state index contributed by atoms with van der Waals surface area (Å²) in [6.45, 7) is 6.83. The lowest BCUT2D eigenvalue weighted by atomic mass is 9.73. The van der Waals surface area contributed by atoms with Gasteiger partial charge in [0.25, 0.3) is 0 Å². The molecule has 1 N–H and O–H groups in total. The molecule has 19 heavy (non-hydrogen) atoms. The van der Waals surface area contributed by atoms with Gasteiger partial charge in [0.15, 0.2) is 0 Å². The molecule has 2 heteroatoms. The monoisotopic (exact) mass is 278 g/mol. The first-order valence-corrected chi connectivity index (χ1v) is 8.51. The number of hydrogen-bond acceptors (Lipinski definition) is 2. The summed E-state index contributed by atoms with van der Waals surface area (Å²) in [6, 6.07) is 8.49. The van der Waals surface area contributed by atoms with Gasteiger partial charge >= 0.3 is 0 Å². The van der Waals surface area contributed by atoms with E-state index < -0.39 is 0 Å². The van der Waals surface area contributed by atoms with E-state index >= 15 is 0 Å². The summed E-state index contributed by atoms with van der Waals surface area (Å²) in [5, 5.41) is 10.6. The van der Waals surface area contributed by atoms with E-state index in [9.17, 15) is 5.11 Å².